The van der Waals surface area contributed by atoms with Crippen LogP contribution >= 0.6 is 0 Å². The number of benzene rings is 2. The van der Waals surface area contributed by atoms with Gasteiger partial charge in [-0.05, 0) is 36.2 Å². The van der Waals surface area contributed by atoms with Crippen molar-refractivity contribution in [3.63, 3.8) is 0 Å². The SMILES string of the molecule is Cc1c(C2(c3ccc(N(C)C)cc3)C=CC=C3C(=O)OCC32)c2ccccc2n1C. The molecule has 0 saturated carbocycles. The highest BCUT2D eigenvalue weighted by Crippen LogP contribution is 2.52. The molecule has 152 valence electrons. The van der Waals surface area contributed by atoms with Gasteiger partial charge in [0.1, 0.15) is 6.61 Å². The number of allylic oxidation sites excluding steroid dienone is 3. The Morgan fingerprint density at radius 1 is 1.10 bits per heavy atom. The molecule has 2 heterocycles. The number of fused-ring (bicyclic) bond motifs is 2. The average molecular weight is 399 g/mol. The van der Waals surface area contributed by atoms with Crippen LogP contribution in [-0.2, 0) is 22.0 Å². The van der Waals surface area contributed by atoms with Crippen molar-refractivity contribution >= 4 is 22.6 Å². The zero-order valence-corrected chi connectivity index (χ0v) is 17.8. The number of aromatic nitrogens is 1. The van der Waals surface area contributed by atoms with Crippen molar-refractivity contribution < 1.29 is 9.53 Å². The van der Waals surface area contributed by atoms with Crippen molar-refractivity contribution in [3.05, 3.63) is 89.2 Å². The summed E-state index contributed by atoms with van der Waals surface area (Å²) in [4.78, 5) is 14.6. The minimum atomic E-state index is -0.466. The number of esters is 1. The molecule has 1 saturated heterocycles. The lowest BCUT2D eigenvalue weighted by molar-refractivity contribution is -0.135. The fraction of sp³-hybridized carbons (Fsp3) is 0.269. The third-order valence-corrected chi connectivity index (χ3v) is 6.85. The first-order valence-electron chi connectivity index (χ1n) is 10.3. The molecule has 4 nitrogen and oxygen atoms in total. The second kappa shape index (κ2) is 6.63. The van der Waals surface area contributed by atoms with Crippen molar-refractivity contribution in [2.45, 2.75) is 12.3 Å². The lowest BCUT2D eigenvalue weighted by Gasteiger charge is -2.39. The number of hydrogen-bond acceptors (Lipinski definition) is 3. The van der Waals surface area contributed by atoms with Crippen molar-refractivity contribution in [3.8, 4) is 0 Å². The molecule has 0 N–H and O–H groups in total. The Bertz CT molecular complexity index is 1210. The van der Waals surface area contributed by atoms with Crippen LogP contribution in [0.1, 0.15) is 16.8 Å². The van der Waals surface area contributed by atoms with Gasteiger partial charge in [-0.3, -0.25) is 0 Å². The molecule has 2 aliphatic rings. The summed E-state index contributed by atoms with van der Waals surface area (Å²) in [7, 11) is 6.21. The van der Waals surface area contributed by atoms with Gasteiger partial charge in [-0.1, -0.05) is 48.6 Å². The summed E-state index contributed by atoms with van der Waals surface area (Å²) in [6, 6.07) is 17.2. The van der Waals surface area contributed by atoms with E-state index in [2.05, 4.69) is 78.0 Å². The van der Waals surface area contributed by atoms with Crippen LogP contribution in [0.5, 0.6) is 0 Å². The number of aryl methyl sites for hydroxylation is 1. The number of carbonyl (C=O) groups is 1. The Morgan fingerprint density at radius 2 is 1.83 bits per heavy atom. The lowest BCUT2D eigenvalue weighted by Crippen LogP contribution is -2.38. The number of carbonyl (C=O) groups excluding carboxylic acids is 1. The average Bonchev–Trinajstić information content (AvgIpc) is 3.26. The van der Waals surface area contributed by atoms with Crippen LogP contribution in [0.3, 0.4) is 0 Å². The number of anilines is 1. The van der Waals surface area contributed by atoms with E-state index in [1.807, 2.05) is 26.2 Å². The van der Waals surface area contributed by atoms with E-state index in [1.54, 1.807) is 0 Å². The van der Waals surface area contributed by atoms with Gasteiger partial charge in [0, 0.05) is 54.9 Å². The van der Waals surface area contributed by atoms with E-state index in [-0.39, 0.29) is 11.9 Å². The number of nitrogens with zero attached hydrogens (tertiary/aromatic N) is 2. The van der Waals surface area contributed by atoms with Gasteiger partial charge in [0.25, 0.3) is 0 Å². The highest BCUT2D eigenvalue weighted by molar-refractivity contribution is 5.94. The Balaban J connectivity index is 1.84. The van der Waals surface area contributed by atoms with Gasteiger partial charge >= 0.3 is 5.97 Å². The van der Waals surface area contributed by atoms with Crippen LogP contribution in [0, 0.1) is 12.8 Å². The van der Waals surface area contributed by atoms with Crippen molar-refractivity contribution in [2.75, 3.05) is 25.6 Å². The molecule has 0 amide bonds. The van der Waals surface area contributed by atoms with Crippen LogP contribution in [0.25, 0.3) is 10.9 Å². The third kappa shape index (κ3) is 2.43. The van der Waals surface area contributed by atoms with Crippen molar-refractivity contribution in [1.29, 1.82) is 0 Å². The van der Waals surface area contributed by atoms with E-state index < -0.39 is 5.41 Å². The van der Waals surface area contributed by atoms with Crippen LogP contribution in [-0.4, -0.2) is 31.2 Å². The molecule has 1 aromatic heterocycles. The highest BCUT2D eigenvalue weighted by atomic mass is 16.5. The van der Waals surface area contributed by atoms with Crippen LogP contribution < -0.4 is 4.90 Å². The summed E-state index contributed by atoms with van der Waals surface area (Å²) in [5.41, 5.74) is 6.29. The number of rotatable bonds is 3. The fourth-order valence-electron chi connectivity index (χ4n) is 5.23. The maximum atomic E-state index is 12.5. The Kier molecular flexibility index (Phi) is 4.14. The first-order chi connectivity index (χ1) is 14.4. The van der Waals surface area contributed by atoms with Gasteiger partial charge in [-0.15, -0.1) is 0 Å². The largest absolute Gasteiger partial charge is 0.462 e. The summed E-state index contributed by atoms with van der Waals surface area (Å²) in [5.74, 6) is -0.249. The van der Waals surface area contributed by atoms with Crippen LogP contribution in [0.15, 0.2) is 72.3 Å². The second-order valence-corrected chi connectivity index (χ2v) is 8.48. The first-order valence-corrected chi connectivity index (χ1v) is 10.3. The van der Waals surface area contributed by atoms with E-state index in [1.165, 1.54) is 27.7 Å². The molecule has 2 unspecified atom stereocenters. The molecule has 4 heteroatoms. The number of hydrogen-bond donors (Lipinski definition) is 0. The van der Waals surface area contributed by atoms with Gasteiger partial charge in [0.15, 0.2) is 0 Å². The van der Waals surface area contributed by atoms with E-state index in [4.69, 9.17) is 4.74 Å². The standard InChI is InChI=1S/C26H26N2O2/c1-17-24(21-8-5-6-10-23(21)28(17)4)26(18-11-13-19(14-12-18)27(2)3)15-7-9-20-22(26)16-30-25(20)29/h5-15,22H,16H2,1-4H3. The summed E-state index contributed by atoms with van der Waals surface area (Å²) in [6.07, 6.45) is 6.22. The number of ether oxygens (including phenoxy) is 1. The molecule has 0 spiro atoms. The fourth-order valence-corrected chi connectivity index (χ4v) is 5.23. The molecule has 1 aliphatic heterocycles. The van der Waals surface area contributed by atoms with Crippen LogP contribution in [0.4, 0.5) is 5.69 Å². The maximum Gasteiger partial charge on any atom is 0.334 e. The van der Waals surface area contributed by atoms with Crippen molar-refractivity contribution in [1.82, 2.24) is 4.57 Å². The van der Waals surface area contributed by atoms with E-state index in [0.717, 1.165) is 11.3 Å². The quantitative estimate of drug-likeness (QED) is 0.609. The summed E-state index contributed by atoms with van der Waals surface area (Å²) >= 11 is 0. The predicted octanol–water partition coefficient (Wildman–Crippen LogP) is 4.51. The van der Waals surface area contributed by atoms with Crippen LogP contribution in [0.2, 0.25) is 0 Å². The Hall–Kier alpha value is -3.27. The lowest BCUT2D eigenvalue weighted by atomic mass is 9.61. The molecule has 30 heavy (non-hydrogen) atoms. The Morgan fingerprint density at radius 3 is 2.57 bits per heavy atom. The zero-order chi connectivity index (χ0) is 21.0. The van der Waals surface area contributed by atoms with Gasteiger partial charge in [-0.25, -0.2) is 4.79 Å². The monoisotopic (exact) mass is 398 g/mol. The maximum absolute atomic E-state index is 12.5. The van der Waals surface area contributed by atoms with E-state index in [0.29, 0.717) is 6.61 Å². The summed E-state index contributed by atoms with van der Waals surface area (Å²) in [6.45, 7) is 2.57. The number of cyclic esters (lactones) is 1. The smallest absolute Gasteiger partial charge is 0.334 e. The molecule has 2 atom stereocenters. The molecule has 3 aromatic rings. The topological polar surface area (TPSA) is 34.5 Å². The molecular formula is C26H26N2O2. The van der Waals surface area contributed by atoms with Gasteiger partial charge in [0.05, 0.1) is 5.41 Å². The second-order valence-electron chi connectivity index (χ2n) is 8.48. The minimum absolute atomic E-state index is 0.0512. The molecule has 1 aliphatic carbocycles. The molecular weight excluding hydrogens is 372 g/mol. The molecule has 0 bridgehead atoms. The molecule has 2 aromatic carbocycles. The summed E-state index contributed by atoms with van der Waals surface area (Å²) in [5, 5.41) is 1.22. The van der Waals surface area contributed by atoms with Gasteiger partial charge < -0.3 is 14.2 Å². The molecule has 1 fully saturated rings. The van der Waals surface area contributed by atoms with Gasteiger partial charge in [0.2, 0.25) is 0 Å². The molecule has 5 rings (SSSR count). The minimum Gasteiger partial charge on any atom is -0.462 e. The number of para-hydroxylation sites is 1. The van der Waals surface area contributed by atoms with E-state index >= 15 is 0 Å². The summed E-state index contributed by atoms with van der Waals surface area (Å²) < 4.78 is 7.81. The zero-order valence-electron chi connectivity index (χ0n) is 17.8. The highest BCUT2D eigenvalue weighted by Gasteiger charge is 2.50. The normalized spacial score (nSPS) is 22.7. The van der Waals surface area contributed by atoms with E-state index in [9.17, 15) is 4.79 Å². The Labute approximate surface area is 177 Å². The predicted molar refractivity (Wildman–Crippen MR) is 121 cm³/mol. The van der Waals surface area contributed by atoms with Crippen molar-refractivity contribution in [2.24, 2.45) is 13.0 Å². The third-order valence-electron chi connectivity index (χ3n) is 6.85. The van der Waals surface area contributed by atoms with Gasteiger partial charge in [-0.2, -0.15) is 0 Å². The first kappa shape index (κ1) is 18.7. The molecule has 0 radical (unpaired) electrons.